The molecule has 0 aromatic heterocycles. The van der Waals surface area contributed by atoms with Crippen molar-refractivity contribution in [2.24, 2.45) is 0 Å². The van der Waals surface area contributed by atoms with E-state index >= 15 is 0 Å². The molecule has 0 unspecified atom stereocenters. The first kappa shape index (κ1) is 17.3. The van der Waals surface area contributed by atoms with Gasteiger partial charge in [-0.3, -0.25) is 19.3 Å². The van der Waals surface area contributed by atoms with Gasteiger partial charge in [-0.2, -0.15) is 0 Å². The number of carboxylic acid groups (broad SMARTS) is 1. The fourth-order valence-electron chi connectivity index (χ4n) is 2.45. The summed E-state index contributed by atoms with van der Waals surface area (Å²) < 4.78 is 0. The minimum atomic E-state index is -1.05. The number of hydrogen-bond acceptors (Lipinski definition) is 4. The van der Waals surface area contributed by atoms with Crippen LogP contribution in [0.1, 0.15) is 27.7 Å². The van der Waals surface area contributed by atoms with Crippen LogP contribution in [0.15, 0.2) is 24.3 Å². The zero-order chi connectivity index (χ0) is 17.4. The Kier molecular flexibility index (Phi) is 4.70. The maximum Gasteiger partial charge on any atom is 0.316 e. The second-order valence-electron chi connectivity index (χ2n) is 5.96. The van der Waals surface area contributed by atoms with Crippen LogP contribution in [-0.4, -0.2) is 38.9 Å². The SMILES string of the molecule is C[C@H](S[C@@H](C)C(=O)N1c2ccccc2NC(=O)C1(C)C)C(=O)O. The summed E-state index contributed by atoms with van der Waals surface area (Å²) in [4.78, 5) is 37.7. The summed E-state index contributed by atoms with van der Waals surface area (Å²) in [5, 5.41) is 10.5. The van der Waals surface area contributed by atoms with E-state index in [0.29, 0.717) is 11.4 Å². The molecule has 124 valence electrons. The Bertz CT molecular complexity index is 659. The molecule has 2 N–H and O–H groups in total. The molecule has 2 rings (SSSR count). The molecule has 1 aromatic rings. The number of benzene rings is 1. The lowest BCUT2D eigenvalue weighted by molar-refractivity contribution is -0.136. The van der Waals surface area contributed by atoms with Crippen molar-refractivity contribution in [2.45, 2.75) is 43.7 Å². The quantitative estimate of drug-likeness (QED) is 0.881. The number of nitrogens with one attached hydrogen (secondary N) is 1. The van der Waals surface area contributed by atoms with Crippen molar-refractivity contribution in [3.05, 3.63) is 24.3 Å². The van der Waals surface area contributed by atoms with Crippen molar-refractivity contribution in [1.82, 2.24) is 0 Å². The molecule has 2 amide bonds. The first-order valence-electron chi connectivity index (χ1n) is 7.29. The van der Waals surface area contributed by atoms with E-state index in [-0.39, 0.29) is 11.8 Å². The van der Waals surface area contributed by atoms with Gasteiger partial charge in [-0.1, -0.05) is 12.1 Å². The third-order valence-corrected chi connectivity index (χ3v) is 5.05. The van der Waals surface area contributed by atoms with Crippen LogP contribution in [0, 0.1) is 0 Å². The molecule has 1 aliphatic rings. The molecule has 1 aromatic carbocycles. The Morgan fingerprint density at radius 1 is 1.22 bits per heavy atom. The summed E-state index contributed by atoms with van der Waals surface area (Å²) >= 11 is 1.06. The standard InChI is InChI=1S/C16H20N2O4S/c1-9(23-10(2)14(20)21)13(19)18-12-8-6-5-7-11(12)17-15(22)16(18,3)4/h5-10H,1-4H3,(H,17,22)(H,20,21)/t9-,10-/m0/s1. The maximum absolute atomic E-state index is 12.9. The Morgan fingerprint density at radius 2 is 1.83 bits per heavy atom. The average Bonchev–Trinajstić information content (AvgIpc) is 2.47. The van der Waals surface area contributed by atoms with Gasteiger partial charge in [0.2, 0.25) is 11.8 Å². The van der Waals surface area contributed by atoms with E-state index in [0.717, 1.165) is 11.8 Å². The van der Waals surface area contributed by atoms with Crippen LogP contribution in [0.2, 0.25) is 0 Å². The molecule has 6 nitrogen and oxygen atoms in total. The second kappa shape index (κ2) is 6.23. The zero-order valence-corrected chi connectivity index (χ0v) is 14.3. The normalized spacial score (nSPS) is 18.6. The Labute approximate surface area is 139 Å². The van der Waals surface area contributed by atoms with Gasteiger partial charge in [-0.15, -0.1) is 11.8 Å². The van der Waals surface area contributed by atoms with Gasteiger partial charge in [0.05, 0.1) is 16.6 Å². The van der Waals surface area contributed by atoms with Crippen LogP contribution >= 0.6 is 11.8 Å². The van der Waals surface area contributed by atoms with Gasteiger partial charge in [0, 0.05) is 0 Å². The van der Waals surface area contributed by atoms with E-state index in [1.165, 1.54) is 4.90 Å². The van der Waals surface area contributed by atoms with Gasteiger partial charge in [0.25, 0.3) is 0 Å². The molecule has 0 aliphatic carbocycles. The number of hydrogen-bond donors (Lipinski definition) is 2. The summed E-state index contributed by atoms with van der Waals surface area (Å²) in [6.07, 6.45) is 0. The number of para-hydroxylation sites is 2. The highest BCUT2D eigenvalue weighted by Gasteiger charge is 2.45. The summed E-state index contributed by atoms with van der Waals surface area (Å²) in [7, 11) is 0. The third kappa shape index (κ3) is 3.19. The average molecular weight is 336 g/mol. The van der Waals surface area contributed by atoms with Gasteiger partial charge in [-0.25, -0.2) is 0 Å². The van der Waals surface area contributed by atoms with Gasteiger partial charge in [0.15, 0.2) is 0 Å². The minimum absolute atomic E-state index is 0.270. The molecule has 0 saturated heterocycles. The van der Waals surface area contributed by atoms with Crippen LogP contribution in [-0.2, 0) is 14.4 Å². The molecule has 0 bridgehead atoms. The largest absolute Gasteiger partial charge is 0.480 e. The molecule has 7 heteroatoms. The first-order valence-corrected chi connectivity index (χ1v) is 8.23. The number of aliphatic carboxylic acids is 1. The number of amides is 2. The summed E-state index contributed by atoms with van der Waals surface area (Å²) in [6, 6.07) is 7.09. The van der Waals surface area contributed by atoms with E-state index in [1.807, 2.05) is 0 Å². The lowest BCUT2D eigenvalue weighted by Crippen LogP contribution is -2.60. The van der Waals surface area contributed by atoms with Crippen molar-refractivity contribution in [1.29, 1.82) is 0 Å². The number of carboxylic acids is 1. The number of carbonyl (C=O) groups excluding carboxylic acids is 2. The van der Waals surface area contributed by atoms with Crippen molar-refractivity contribution >= 4 is 40.9 Å². The lowest BCUT2D eigenvalue weighted by atomic mass is 9.96. The molecular formula is C16H20N2O4S. The van der Waals surface area contributed by atoms with Crippen LogP contribution in [0.4, 0.5) is 11.4 Å². The van der Waals surface area contributed by atoms with E-state index in [2.05, 4.69) is 5.32 Å². The molecule has 1 aliphatic heterocycles. The van der Waals surface area contributed by atoms with Crippen LogP contribution in [0.25, 0.3) is 0 Å². The summed E-state index contributed by atoms with van der Waals surface area (Å²) in [5.74, 6) is -1.52. The molecule has 2 atom stereocenters. The number of thioether (sulfide) groups is 1. The van der Waals surface area contributed by atoms with Crippen molar-refractivity contribution in [3.8, 4) is 0 Å². The first-order chi connectivity index (χ1) is 10.7. The maximum atomic E-state index is 12.9. The number of carbonyl (C=O) groups is 3. The predicted octanol–water partition coefficient (Wildman–Crippen LogP) is 2.35. The summed E-state index contributed by atoms with van der Waals surface area (Å²) in [6.45, 7) is 6.55. The summed E-state index contributed by atoms with van der Waals surface area (Å²) in [5.41, 5.74) is 0.151. The van der Waals surface area contributed by atoms with E-state index in [9.17, 15) is 14.4 Å². The number of nitrogens with zero attached hydrogens (tertiary/aromatic N) is 1. The van der Waals surface area contributed by atoms with Gasteiger partial charge >= 0.3 is 5.97 Å². The highest BCUT2D eigenvalue weighted by atomic mass is 32.2. The Hall–Kier alpha value is -2.02. The second-order valence-corrected chi connectivity index (χ2v) is 7.65. The fourth-order valence-corrected chi connectivity index (χ4v) is 3.40. The smallest absolute Gasteiger partial charge is 0.316 e. The highest BCUT2D eigenvalue weighted by Crippen LogP contribution is 2.38. The van der Waals surface area contributed by atoms with E-state index < -0.39 is 22.0 Å². The Balaban J connectivity index is 2.37. The topological polar surface area (TPSA) is 86.7 Å². The van der Waals surface area contributed by atoms with Crippen LogP contribution < -0.4 is 10.2 Å². The minimum Gasteiger partial charge on any atom is -0.480 e. The number of rotatable bonds is 4. The number of anilines is 2. The van der Waals surface area contributed by atoms with E-state index in [4.69, 9.17) is 5.11 Å². The van der Waals surface area contributed by atoms with Gasteiger partial charge in [0.1, 0.15) is 10.8 Å². The molecule has 0 fully saturated rings. The predicted molar refractivity (Wildman–Crippen MR) is 90.8 cm³/mol. The van der Waals surface area contributed by atoms with Crippen LogP contribution in [0.5, 0.6) is 0 Å². The Morgan fingerprint density at radius 3 is 2.43 bits per heavy atom. The monoisotopic (exact) mass is 336 g/mol. The molecule has 0 saturated carbocycles. The molecular weight excluding hydrogens is 316 g/mol. The lowest BCUT2D eigenvalue weighted by Gasteiger charge is -2.43. The fraction of sp³-hybridized carbons (Fsp3) is 0.438. The highest BCUT2D eigenvalue weighted by molar-refractivity contribution is 8.01. The molecule has 0 radical (unpaired) electrons. The molecule has 0 spiro atoms. The molecule has 1 heterocycles. The van der Waals surface area contributed by atoms with Gasteiger partial charge in [-0.05, 0) is 39.8 Å². The van der Waals surface area contributed by atoms with Crippen LogP contribution in [0.3, 0.4) is 0 Å². The third-order valence-electron chi connectivity index (χ3n) is 3.83. The zero-order valence-electron chi connectivity index (χ0n) is 13.5. The molecule has 23 heavy (non-hydrogen) atoms. The van der Waals surface area contributed by atoms with Crippen molar-refractivity contribution in [3.63, 3.8) is 0 Å². The van der Waals surface area contributed by atoms with Gasteiger partial charge < -0.3 is 10.4 Å². The number of fused-ring (bicyclic) bond motifs is 1. The van der Waals surface area contributed by atoms with Crippen molar-refractivity contribution in [2.75, 3.05) is 10.2 Å². The van der Waals surface area contributed by atoms with E-state index in [1.54, 1.807) is 52.0 Å². The van der Waals surface area contributed by atoms with Crippen molar-refractivity contribution < 1.29 is 19.5 Å².